The summed E-state index contributed by atoms with van der Waals surface area (Å²) in [4.78, 5) is 32.0. The second-order valence-electron chi connectivity index (χ2n) is 6.25. The molecule has 2 amide bonds. The quantitative estimate of drug-likeness (QED) is 0.770. The fraction of sp³-hybridized carbons (Fsp3) is 0.316. The summed E-state index contributed by atoms with van der Waals surface area (Å²) in [7, 11) is 0. The van der Waals surface area contributed by atoms with Gasteiger partial charge in [-0.15, -0.1) is 0 Å². The third-order valence-electron chi connectivity index (χ3n) is 4.36. The van der Waals surface area contributed by atoms with Crippen molar-refractivity contribution in [2.75, 3.05) is 37.7 Å². The normalized spacial score (nSPS) is 14.0. The molecule has 2 aromatic rings. The van der Waals surface area contributed by atoms with E-state index in [2.05, 4.69) is 4.98 Å². The van der Waals surface area contributed by atoms with Gasteiger partial charge in [0.25, 0.3) is 0 Å². The van der Waals surface area contributed by atoms with Crippen molar-refractivity contribution >= 4 is 29.1 Å². The Morgan fingerprint density at radius 1 is 1.25 bits per heavy atom. The molecule has 1 aromatic heterocycles. The highest BCUT2D eigenvalue weighted by Crippen LogP contribution is 2.25. The van der Waals surface area contributed by atoms with Crippen LogP contribution in [0.25, 0.3) is 0 Å². The Balaban J connectivity index is 1.87. The molecule has 28 heavy (non-hydrogen) atoms. The van der Waals surface area contributed by atoms with E-state index < -0.39 is 5.82 Å². The zero-order chi connectivity index (χ0) is 20.1. The molecule has 1 saturated heterocycles. The van der Waals surface area contributed by atoms with E-state index in [-0.39, 0.29) is 35.6 Å². The molecule has 1 fully saturated rings. The smallest absolute Gasteiger partial charge is 0.324 e. The fourth-order valence-electron chi connectivity index (χ4n) is 2.82. The van der Waals surface area contributed by atoms with Crippen LogP contribution in [0.5, 0.6) is 0 Å². The van der Waals surface area contributed by atoms with Gasteiger partial charge >= 0.3 is 6.03 Å². The van der Waals surface area contributed by atoms with Gasteiger partial charge < -0.3 is 15.4 Å². The van der Waals surface area contributed by atoms with Crippen LogP contribution in [0, 0.1) is 5.82 Å². The van der Waals surface area contributed by atoms with Gasteiger partial charge in [-0.3, -0.25) is 14.7 Å². The molecule has 0 atom stereocenters. The van der Waals surface area contributed by atoms with Crippen molar-refractivity contribution in [2.45, 2.75) is 6.54 Å². The van der Waals surface area contributed by atoms with E-state index in [0.717, 1.165) is 0 Å². The maximum Gasteiger partial charge on any atom is 0.324 e. The molecule has 7 nitrogen and oxygen atoms in total. The summed E-state index contributed by atoms with van der Waals surface area (Å²) in [6.45, 7) is 1.91. The van der Waals surface area contributed by atoms with Crippen LogP contribution < -0.4 is 10.6 Å². The zero-order valence-corrected chi connectivity index (χ0v) is 15.9. The monoisotopic (exact) mass is 406 g/mol. The Hall–Kier alpha value is -2.55. The van der Waals surface area contributed by atoms with Crippen LogP contribution in [-0.2, 0) is 11.3 Å². The van der Waals surface area contributed by atoms with Crippen LogP contribution in [0.4, 0.5) is 14.9 Å². The van der Waals surface area contributed by atoms with Crippen molar-refractivity contribution in [3.8, 4) is 0 Å². The molecule has 9 heteroatoms. The molecule has 2 N–H and O–H groups in total. The number of urea groups is 1. The number of carbonyl (C=O) groups excluding carboxylic acids is 2. The molecule has 148 valence electrons. The van der Waals surface area contributed by atoms with Crippen molar-refractivity contribution in [3.63, 3.8) is 0 Å². The first-order valence-corrected chi connectivity index (χ1v) is 9.15. The number of amides is 2. The standard InChI is InChI=1S/C19H20ClFN4O3/c20-15-9-14(2-3-16(15)21)25(19(27)24-5-7-28-8-6-24)12-13-1-4-17(23-11-13)18(26)10-22/h1-4,9,11H,5-8,10,12,22H2. The molecule has 0 spiro atoms. The van der Waals surface area contributed by atoms with Crippen molar-refractivity contribution < 1.29 is 18.7 Å². The van der Waals surface area contributed by atoms with Gasteiger partial charge in [-0.25, -0.2) is 9.18 Å². The minimum Gasteiger partial charge on any atom is -0.378 e. The minimum absolute atomic E-state index is 0.0701. The molecule has 0 aliphatic carbocycles. The highest BCUT2D eigenvalue weighted by Gasteiger charge is 2.25. The van der Waals surface area contributed by atoms with Gasteiger partial charge in [0.1, 0.15) is 11.5 Å². The first kappa shape index (κ1) is 20.2. The predicted octanol–water partition coefficient (Wildman–Crippen LogP) is 2.47. The third-order valence-corrected chi connectivity index (χ3v) is 4.65. The van der Waals surface area contributed by atoms with Gasteiger partial charge in [-0.1, -0.05) is 17.7 Å². The molecule has 3 rings (SSSR count). The number of ketones is 1. The van der Waals surface area contributed by atoms with Crippen molar-refractivity contribution in [2.24, 2.45) is 5.73 Å². The minimum atomic E-state index is -0.560. The lowest BCUT2D eigenvalue weighted by Gasteiger charge is -2.33. The summed E-state index contributed by atoms with van der Waals surface area (Å²) >= 11 is 5.91. The van der Waals surface area contributed by atoms with Crippen LogP contribution in [0.3, 0.4) is 0 Å². The summed E-state index contributed by atoms with van der Waals surface area (Å²) in [5.41, 5.74) is 6.78. The van der Waals surface area contributed by atoms with Gasteiger partial charge in [0.15, 0.2) is 5.78 Å². The van der Waals surface area contributed by atoms with E-state index in [1.807, 2.05) is 0 Å². The molecule has 0 radical (unpaired) electrons. The summed E-state index contributed by atoms with van der Waals surface area (Å²) in [6, 6.07) is 7.17. The second-order valence-corrected chi connectivity index (χ2v) is 6.65. The number of nitrogens with two attached hydrogens (primary N) is 1. The van der Waals surface area contributed by atoms with E-state index in [4.69, 9.17) is 22.1 Å². The van der Waals surface area contributed by atoms with E-state index in [1.54, 1.807) is 17.0 Å². The van der Waals surface area contributed by atoms with E-state index in [0.29, 0.717) is 37.6 Å². The molecule has 1 aliphatic heterocycles. The maximum absolute atomic E-state index is 13.6. The molecule has 0 saturated carbocycles. The first-order chi connectivity index (χ1) is 13.5. The third kappa shape index (κ3) is 4.64. The lowest BCUT2D eigenvalue weighted by atomic mass is 10.2. The number of aromatic nitrogens is 1. The molecule has 1 aliphatic rings. The van der Waals surface area contributed by atoms with Crippen LogP contribution in [0.15, 0.2) is 36.5 Å². The molecule has 1 aromatic carbocycles. The average molecular weight is 407 g/mol. The highest BCUT2D eigenvalue weighted by atomic mass is 35.5. The summed E-state index contributed by atoms with van der Waals surface area (Å²) in [6.07, 6.45) is 1.52. The lowest BCUT2D eigenvalue weighted by molar-refractivity contribution is 0.0548. The van der Waals surface area contributed by atoms with E-state index in [9.17, 15) is 14.0 Å². The van der Waals surface area contributed by atoms with Crippen LogP contribution in [-0.4, -0.2) is 54.5 Å². The number of Topliss-reactive ketones (excluding diaryl/α,β-unsaturated/α-hetero) is 1. The number of halogens is 2. The molecule has 0 bridgehead atoms. The Kier molecular flexibility index (Phi) is 6.56. The number of anilines is 1. The highest BCUT2D eigenvalue weighted by molar-refractivity contribution is 6.31. The van der Waals surface area contributed by atoms with E-state index in [1.165, 1.54) is 29.3 Å². The van der Waals surface area contributed by atoms with Crippen LogP contribution in [0.1, 0.15) is 16.1 Å². The maximum atomic E-state index is 13.6. The average Bonchev–Trinajstić information content (AvgIpc) is 2.74. The fourth-order valence-corrected chi connectivity index (χ4v) is 2.99. The second kappa shape index (κ2) is 9.09. The lowest BCUT2D eigenvalue weighted by Crippen LogP contribution is -2.48. The van der Waals surface area contributed by atoms with Crippen LogP contribution in [0.2, 0.25) is 5.02 Å². The number of hydrogen-bond donors (Lipinski definition) is 1. The summed E-state index contributed by atoms with van der Waals surface area (Å²) < 4.78 is 18.9. The SMILES string of the molecule is NCC(=O)c1ccc(CN(C(=O)N2CCOCC2)c2ccc(F)c(Cl)c2)cn1. The van der Waals surface area contributed by atoms with Crippen molar-refractivity contribution in [1.82, 2.24) is 9.88 Å². The first-order valence-electron chi connectivity index (χ1n) is 8.77. The van der Waals surface area contributed by atoms with Gasteiger partial charge in [0.2, 0.25) is 0 Å². The van der Waals surface area contributed by atoms with Crippen molar-refractivity contribution in [3.05, 3.63) is 58.6 Å². The number of morpholine rings is 1. The summed E-state index contributed by atoms with van der Waals surface area (Å²) in [5, 5.41) is -0.0701. The number of nitrogens with zero attached hydrogens (tertiary/aromatic N) is 3. The van der Waals surface area contributed by atoms with Crippen molar-refractivity contribution in [1.29, 1.82) is 0 Å². The molecule has 2 heterocycles. The predicted molar refractivity (Wildman–Crippen MR) is 103 cm³/mol. The number of pyridine rings is 1. The topological polar surface area (TPSA) is 88.8 Å². The molecular formula is C19H20ClFN4O3. The number of rotatable bonds is 5. The zero-order valence-electron chi connectivity index (χ0n) is 15.1. The molecule has 0 unspecified atom stereocenters. The van der Waals surface area contributed by atoms with Crippen LogP contribution >= 0.6 is 11.6 Å². The van der Waals surface area contributed by atoms with Gasteiger partial charge in [-0.05, 0) is 29.8 Å². The Morgan fingerprint density at radius 2 is 2.00 bits per heavy atom. The van der Waals surface area contributed by atoms with E-state index >= 15 is 0 Å². The number of carbonyl (C=O) groups is 2. The largest absolute Gasteiger partial charge is 0.378 e. The summed E-state index contributed by atoms with van der Waals surface area (Å²) in [5.74, 6) is -0.825. The number of ether oxygens (including phenoxy) is 1. The van der Waals surface area contributed by atoms with Gasteiger partial charge in [0, 0.05) is 25.0 Å². The number of hydrogen-bond acceptors (Lipinski definition) is 5. The van der Waals surface area contributed by atoms with Gasteiger partial charge in [0.05, 0.1) is 31.3 Å². The number of benzene rings is 1. The Labute approximate surface area is 166 Å². The Bertz CT molecular complexity index is 857. The molecular weight excluding hydrogens is 387 g/mol. The van der Waals surface area contributed by atoms with Gasteiger partial charge in [-0.2, -0.15) is 0 Å². The Morgan fingerprint density at radius 3 is 2.61 bits per heavy atom.